The van der Waals surface area contributed by atoms with Crippen LogP contribution in [-0.2, 0) is 60.8 Å². The molecule has 2 aromatic heterocycles. The minimum atomic E-state index is -1.42. The predicted octanol–water partition coefficient (Wildman–Crippen LogP) is -1.58. The summed E-state index contributed by atoms with van der Waals surface area (Å²) in [6, 6.07) is 4.33. The minimum absolute atomic E-state index is 0.0845. The molecule has 26 nitrogen and oxygen atoms in total. The van der Waals surface area contributed by atoms with Crippen LogP contribution in [-0.4, -0.2) is 147 Å². The zero-order valence-electron chi connectivity index (χ0n) is 45.0. The van der Waals surface area contributed by atoms with E-state index < -0.39 is 126 Å². The van der Waals surface area contributed by atoms with Crippen LogP contribution in [0.4, 0.5) is 5.69 Å². The lowest BCUT2D eigenvalue weighted by molar-refractivity contribution is -0.135. The van der Waals surface area contributed by atoms with Crippen LogP contribution in [0.3, 0.4) is 0 Å². The maximum Gasteiger partial charge on any atom is 0.251 e. The first-order valence-electron chi connectivity index (χ1n) is 25.6. The summed E-state index contributed by atoms with van der Waals surface area (Å²) in [4.78, 5) is 156. The second-order valence-electron chi connectivity index (χ2n) is 19.6. The summed E-state index contributed by atoms with van der Waals surface area (Å²) in [7, 11) is 0. The summed E-state index contributed by atoms with van der Waals surface area (Å²) in [5, 5.41) is 23.9. The molecule has 0 unspecified atom stereocenters. The van der Waals surface area contributed by atoms with Gasteiger partial charge in [0.05, 0.1) is 19.4 Å². The molecule has 2 aromatic carbocycles. The largest absolute Gasteiger partial charge is 0.399 e. The standard InChI is InChI=1S/C52H73N15O11S/c1-27(2)19-38(50(76)64-36(45(55)71)17-18-79-6)65-51(77)40(21-33-23-56-26-60-33)63-43(70)25-59-52(78)44(28(3)4)67-46(72)29(5)61-49(75)39(20-31-22-57-35-10-8-7-9-34(31)35)66-48(74)37(15-16-41(54)68)62-42(69)24-58-47(73)30-11-13-32(53)14-12-30/h7-14,22-23,26-29,36-40,44,57H,15-21,24-25,53H2,1-6H3,(H2,54,68)(H2,55,71)(H,56,60)(H,58,73)(H,59,78)(H,61,75)(H,62,69)(H,63,70)(H,64,76)(H,65,77)(H,66,74)(H,67,72)/t29-,36-,37-,38-,39-,40-,44-/m0/s1. The number of benzene rings is 2. The Hall–Kier alpha value is -8.49. The number of fused-ring (bicyclic) bond motifs is 1. The van der Waals surface area contributed by atoms with Crippen LogP contribution in [0.1, 0.15) is 81.9 Å². The Morgan fingerprint density at radius 3 is 1.84 bits per heavy atom. The van der Waals surface area contributed by atoms with Crippen molar-refractivity contribution in [2.75, 3.05) is 30.8 Å². The fourth-order valence-electron chi connectivity index (χ4n) is 8.01. The van der Waals surface area contributed by atoms with Gasteiger partial charge >= 0.3 is 0 Å². The van der Waals surface area contributed by atoms with E-state index in [2.05, 4.69) is 62.8 Å². The Balaban J connectivity index is 1.44. The number of carbonyl (C=O) groups excluding carboxylic acids is 11. The highest BCUT2D eigenvalue weighted by Gasteiger charge is 2.34. The number of nitrogens with zero attached hydrogens (tertiary/aromatic N) is 1. The summed E-state index contributed by atoms with van der Waals surface area (Å²) in [6.45, 7) is 7.06. The third kappa shape index (κ3) is 20.8. The van der Waals surface area contributed by atoms with Gasteiger partial charge in [-0.2, -0.15) is 11.8 Å². The van der Waals surface area contributed by atoms with Crippen molar-refractivity contribution in [3.63, 3.8) is 0 Å². The smallest absolute Gasteiger partial charge is 0.251 e. The van der Waals surface area contributed by atoms with Gasteiger partial charge in [0.15, 0.2) is 0 Å². The zero-order chi connectivity index (χ0) is 58.3. The molecule has 0 radical (unpaired) electrons. The number of rotatable bonds is 32. The number of para-hydroxylation sites is 1. The first kappa shape index (κ1) is 63.0. The maximum absolute atomic E-state index is 14.2. The van der Waals surface area contributed by atoms with Gasteiger partial charge in [0.1, 0.15) is 42.3 Å². The maximum atomic E-state index is 14.2. The summed E-state index contributed by atoms with van der Waals surface area (Å²) in [6.07, 6.45) is 5.91. The van der Waals surface area contributed by atoms with Crippen LogP contribution >= 0.6 is 11.8 Å². The molecule has 4 aromatic rings. The van der Waals surface area contributed by atoms with Crippen LogP contribution in [0.2, 0.25) is 0 Å². The molecule has 79 heavy (non-hydrogen) atoms. The minimum Gasteiger partial charge on any atom is -0.399 e. The Morgan fingerprint density at radius 2 is 1.22 bits per heavy atom. The molecule has 0 aliphatic rings. The molecule has 2 heterocycles. The number of hydrogen-bond donors (Lipinski definition) is 14. The number of imidazole rings is 1. The number of nitrogens with one attached hydrogen (secondary N) is 11. The molecular weight excluding hydrogens is 1040 g/mol. The molecule has 4 rings (SSSR count). The van der Waals surface area contributed by atoms with E-state index >= 15 is 0 Å². The van der Waals surface area contributed by atoms with Gasteiger partial charge in [0, 0.05) is 59.5 Å². The topological polar surface area (TPSA) is 419 Å². The SMILES string of the molecule is CSCC[C@H](NC(=O)[C@H](CC(C)C)NC(=O)[C@H](Cc1cnc[nH]1)NC(=O)CNC(=O)[C@@H](NC(=O)[C@H](C)NC(=O)[C@H](Cc1c[nH]c2ccccc12)NC(=O)[C@H](CCC(N)=O)NC(=O)CNC(=O)c1ccc(N)cc1)C(C)C)C(N)=O. The van der Waals surface area contributed by atoms with Crippen molar-refractivity contribution in [3.8, 4) is 0 Å². The molecule has 27 heteroatoms. The molecule has 11 amide bonds. The fourth-order valence-corrected chi connectivity index (χ4v) is 8.48. The first-order valence-corrected chi connectivity index (χ1v) is 27.0. The first-order chi connectivity index (χ1) is 37.4. The third-order valence-electron chi connectivity index (χ3n) is 12.3. The van der Waals surface area contributed by atoms with Gasteiger partial charge in [-0.25, -0.2) is 4.98 Å². The average molecular weight is 1120 g/mol. The normalized spacial score (nSPS) is 13.8. The predicted molar refractivity (Wildman–Crippen MR) is 295 cm³/mol. The van der Waals surface area contributed by atoms with Gasteiger partial charge in [0.2, 0.25) is 59.1 Å². The summed E-state index contributed by atoms with van der Waals surface area (Å²) < 4.78 is 0. The Bertz CT molecular complexity index is 2770. The summed E-state index contributed by atoms with van der Waals surface area (Å²) in [5.41, 5.74) is 19.1. The monoisotopic (exact) mass is 1120 g/mol. The number of aromatic nitrogens is 3. The molecular formula is C52H73N15O11S. The number of primary amides is 2. The number of thioether (sulfide) groups is 1. The van der Waals surface area contributed by atoms with Crippen LogP contribution in [0.15, 0.2) is 67.3 Å². The Labute approximate surface area is 461 Å². The second kappa shape index (κ2) is 31.0. The van der Waals surface area contributed by atoms with Gasteiger partial charge in [-0.1, -0.05) is 45.9 Å². The molecule has 0 spiro atoms. The summed E-state index contributed by atoms with van der Waals surface area (Å²) in [5.74, 6) is -8.56. The van der Waals surface area contributed by atoms with E-state index in [0.717, 1.165) is 10.9 Å². The number of aromatic amines is 2. The fraction of sp³-hybridized carbons (Fsp3) is 0.462. The number of hydrogen-bond acceptors (Lipinski definition) is 14. The van der Waals surface area contributed by atoms with Crippen LogP contribution in [0.5, 0.6) is 0 Å². The number of amides is 11. The van der Waals surface area contributed by atoms with E-state index in [1.54, 1.807) is 44.3 Å². The molecule has 0 fully saturated rings. The third-order valence-corrected chi connectivity index (χ3v) is 13.0. The van der Waals surface area contributed by atoms with Crippen molar-refractivity contribution in [2.45, 2.75) is 115 Å². The van der Waals surface area contributed by atoms with E-state index in [9.17, 15) is 52.7 Å². The lowest BCUT2D eigenvalue weighted by Gasteiger charge is -2.26. The number of H-pyrrole nitrogens is 2. The lowest BCUT2D eigenvalue weighted by Crippen LogP contribution is -2.59. The van der Waals surface area contributed by atoms with Crippen molar-refractivity contribution in [2.24, 2.45) is 23.3 Å². The number of nitrogen functional groups attached to an aromatic ring is 1. The molecule has 0 aliphatic heterocycles. The van der Waals surface area contributed by atoms with E-state index in [0.29, 0.717) is 22.7 Å². The highest BCUT2D eigenvalue weighted by molar-refractivity contribution is 7.98. The Morgan fingerprint density at radius 1 is 0.620 bits per heavy atom. The van der Waals surface area contributed by atoms with Crippen LogP contribution < -0.4 is 65.1 Å². The van der Waals surface area contributed by atoms with E-state index in [1.165, 1.54) is 55.5 Å². The van der Waals surface area contributed by atoms with Crippen molar-refractivity contribution < 1.29 is 52.7 Å². The molecule has 7 atom stereocenters. The molecule has 0 saturated heterocycles. The number of carbonyl (C=O) groups is 11. The zero-order valence-corrected chi connectivity index (χ0v) is 45.8. The highest BCUT2D eigenvalue weighted by atomic mass is 32.2. The van der Waals surface area contributed by atoms with Crippen molar-refractivity contribution in [1.29, 1.82) is 0 Å². The van der Waals surface area contributed by atoms with Gasteiger partial charge in [0.25, 0.3) is 5.91 Å². The quantitative estimate of drug-likeness (QED) is 0.0246. The highest BCUT2D eigenvalue weighted by Crippen LogP contribution is 2.20. The average Bonchev–Trinajstić information content (AvgIpc) is 4.08. The van der Waals surface area contributed by atoms with Gasteiger partial charge in [-0.15, -0.1) is 0 Å². The van der Waals surface area contributed by atoms with Gasteiger partial charge < -0.3 is 75.0 Å². The lowest BCUT2D eigenvalue weighted by atomic mass is 10.0. The van der Waals surface area contributed by atoms with E-state index in [4.69, 9.17) is 17.2 Å². The van der Waals surface area contributed by atoms with Crippen LogP contribution in [0.25, 0.3) is 10.9 Å². The second-order valence-corrected chi connectivity index (χ2v) is 20.6. The van der Waals surface area contributed by atoms with E-state index in [-0.39, 0.29) is 50.0 Å². The van der Waals surface area contributed by atoms with E-state index in [1.807, 2.05) is 20.1 Å². The van der Waals surface area contributed by atoms with Crippen molar-refractivity contribution >= 4 is 93.3 Å². The molecule has 0 saturated carbocycles. The van der Waals surface area contributed by atoms with Crippen molar-refractivity contribution in [3.05, 3.63) is 84.1 Å². The van der Waals surface area contributed by atoms with Crippen LogP contribution in [0, 0.1) is 11.8 Å². The van der Waals surface area contributed by atoms with Crippen molar-refractivity contribution in [1.82, 2.24) is 62.8 Å². The molecule has 17 N–H and O–H groups in total. The van der Waals surface area contributed by atoms with Gasteiger partial charge in [-0.3, -0.25) is 52.7 Å². The number of nitrogens with two attached hydrogens (primary N) is 3. The molecule has 428 valence electrons. The molecule has 0 bridgehead atoms. The molecule has 0 aliphatic carbocycles. The Kier molecular flexibility index (Phi) is 24.8. The summed E-state index contributed by atoms with van der Waals surface area (Å²) >= 11 is 1.46. The number of anilines is 1. The van der Waals surface area contributed by atoms with Gasteiger partial charge in [-0.05, 0) is 85.9 Å².